The average Bonchev–Trinajstić information content (AvgIpc) is 3.10. The quantitative estimate of drug-likeness (QED) is 0.829. The molecule has 1 fully saturated rings. The van der Waals surface area contributed by atoms with Crippen molar-refractivity contribution in [3.8, 4) is 0 Å². The zero-order valence-corrected chi connectivity index (χ0v) is 12.1. The highest BCUT2D eigenvalue weighted by atomic mass is 32.2. The molecule has 0 bridgehead atoms. The maximum atomic E-state index is 12.2. The number of aromatic nitrogens is 2. The van der Waals surface area contributed by atoms with Crippen LogP contribution in [-0.2, 0) is 11.3 Å². The predicted molar refractivity (Wildman–Crippen MR) is 75.1 cm³/mol. The second-order valence-corrected chi connectivity index (χ2v) is 6.14. The SMILES string of the molecule is C[C@H](NC(=O)c1cnc2n(c1=O)CCS2)[C@H]1CCCO1. The number of amides is 1. The number of nitrogens with one attached hydrogen (secondary N) is 1. The fraction of sp³-hybridized carbons (Fsp3) is 0.615. The van der Waals surface area contributed by atoms with Gasteiger partial charge in [0.25, 0.3) is 11.5 Å². The molecule has 1 saturated heterocycles. The van der Waals surface area contributed by atoms with E-state index in [9.17, 15) is 9.59 Å². The van der Waals surface area contributed by atoms with E-state index in [0.717, 1.165) is 25.2 Å². The molecule has 1 N–H and O–H groups in total. The Morgan fingerprint density at radius 2 is 2.50 bits per heavy atom. The molecule has 0 unspecified atom stereocenters. The van der Waals surface area contributed by atoms with Crippen LogP contribution in [0.1, 0.15) is 30.1 Å². The maximum absolute atomic E-state index is 12.2. The van der Waals surface area contributed by atoms with Gasteiger partial charge in [0.05, 0.1) is 12.1 Å². The van der Waals surface area contributed by atoms with Crippen molar-refractivity contribution in [2.75, 3.05) is 12.4 Å². The molecule has 0 aliphatic carbocycles. The molecule has 0 aromatic carbocycles. The predicted octanol–water partition coefficient (Wildman–Crippen LogP) is 0.646. The van der Waals surface area contributed by atoms with Crippen molar-refractivity contribution >= 4 is 17.7 Å². The number of nitrogens with zero attached hydrogens (tertiary/aromatic N) is 2. The van der Waals surface area contributed by atoms with E-state index in [-0.39, 0.29) is 29.2 Å². The van der Waals surface area contributed by atoms with Crippen molar-refractivity contribution < 1.29 is 9.53 Å². The molecule has 2 aliphatic heterocycles. The van der Waals surface area contributed by atoms with Crippen LogP contribution >= 0.6 is 11.8 Å². The fourth-order valence-electron chi connectivity index (χ4n) is 2.55. The lowest BCUT2D eigenvalue weighted by Crippen LogP contribution is -2.43. The van der Waals surface area contributed by atoms with Crippen molar-refractivity contribution in [3.63, 3.8) is 0 Å². The Morgan fingerprint density at radius 1 is 1.65 bits per heavy atom. The average molecular weight is 295 g/mol. The monoisotopic (exact) mass is 295 g/mol. The third-order valence-corrected chi connectivity index (χ3v) is 4.65. The molecule has 6 nitrogen and oxygen atoms in total. The first-order chi connectivity index (χ1) is 9.66. The van der Waals surface area contributed by atoms with Crippen LogP contribution < -0.4 is 10.9 Å². The highest BCUT2D eigenvalue weighted by Gasteiger charge is 2.26. The highest BCUT2D eigenvalue weighted by molar-refractivity contribution is 7.99. The number of rotatable bonds is 3. The van der Waals surface area contributed by atoms with Crippen molar-refractivity contribution in [2.24, 2.45) is 0 Å². The molecule has 0 radical (unpaired) electrons. The van der Waals surface area contributed by atoms with Crippen LogP contribution in [-0.4, -0.2) is 40.0 Å². The van der Waals surface area contributed by atoms with E-state index in [0.29, 0.717) is 11.7 Å². The van der Waals surface area contributed by atoms with Crippen molar-refractivity contribution in [3.05, 3.63) is 22.1 Å². The molecule has 0 saturated carbocycles. The Hall–Kier alpha value is -1.34. The molecule has 3 heterocycles. The first kappa shape index (κ1) is 13.6. The number of ether oxygens (including phenoxy) is 1. The van der Waals surface area contributed by atoms with Crippen LogP contribution in [0, 0.1) is 0 Å². The zero-order valence-electron chi connectivity index (χ0n) is 11.3. The second-order valence-electron chi connectivity index (χ2n) is 5.07. The smallest absolute Gasteiger partial charge is 0.267 e. The molecule has 20 heavy (non-hydrogen) atoms. The van der Waals surface area contributed by atoms with E-state index in [1.54, 1.807) is 4.57 Å². The summed E-state index contributed by atoms with van der Waals surface area (Å²) in [7, 11) is 0. The summed E-state index contributed by atoms with van der Waals surface area (Å²) in [5, 5.41) is 3.54. The molecule has 1 aromatic rings. The number of carbonyl (C=O) groups excluding carboxylic acids is 1. The van der Waals surface area contributed by atoms with Crippen molar-refractivity contribution in [2.45, 2.75) is 43.6 Å². The van der Waals surface area contributed by atoms with Gasteiger partial charge in [-0.1, -0.05) is 11.8 Å². The molecule has 1 aromatic heterocycles. The summed E-state index contributed by atoms with van der Waals surface area (Å²) < 4.78 is 7.10. The first-order valence-corrected chi connectivity index (χ1v) is 7.80. The third kappa shape index (κ3) is 2.47. The number of thioether (sulfide) groups is 1. The van der Waals surface area contributed by atoms with E-state index in [2.05, 4.69) is 10.3 Å². The largest absolute Gasteiger partial charge is 0.376 e. The van der Waals surface area contributed by atoms with Crippen LogP contribution in [0.25, 0.3) is 0 Å². The van der Waals surface area contributed by atoms with Crippen molar-refractivity contribution in [1.82, 2.24) is 14.9 Å². The van der Waals surface area contributed by atoms with E-state index in [1.165, 1.54) is 18.0 Å². The topological polar surface area (TPSA) is 73.2 Å². The molecule has 108 valence electrons. The number of hydrogen-bond donors (Lipinski definition) is 1. The molecule has 1 amide bonds. The summed E-state index contributed by atoms with van der Waals surface area (Å²) in [6, 6.07) is -0.1000. The standard InChI is InChI=1S/C13H17N3O3S/c1-8(10-3-2-5-19-10)15-11(17)9-7-14-13-16(12(9)18)4-6-20-13/h7-8,10H,2-6H2,1H3,(H,15,17)/t8-,10+/m0/s1. The van der Waals surface area contributed by atoms with Crippen LogP contribution in [0.4, 0.5) is 0 Å². The van der Waals surface area contributed by atoms with Gasteiger partial charge in [0.2, 0.25) is 0 Å². The van der Waals surface area contributed by atoms with Gasteiger partial charge in [-0.05, 0) is 19.8 Å². The van der Waals surface area contributed by atoms with Crippen LogP contribution in [0.2, 0.25) is 0 Å². The first-order valence-electron chi connectivity index (χ1n) is 6.82. The van der Waals surface area contributed by atoms with Gasteiger partial charge in [0.1, 0.15) is 5.56 Å². The summed E-state index contributed by atoms with van der Waals surface area (Å²) >= 11 is 1.54. The zero-order chi connectivity index (χ0) is 14.1. The molecular weight excluding hydrogens is 278 g/mol. The summed E-state index contributed by atoms with van der Waals surface area (Å²) in [4.78, 5) is 28.6. The fourth-order valence-corrected chi connectivity index (χ4v) is 3.46. The lowest BCUT2D eigenvalue weighted by molar-refractivity contribution is 0.0710. The normalized spacial score (nSPS) is 22.6. The summed E-state index contributed by atoms with van der Waals surface area (Å²) in [6.07, 6.45) is 3.38. The number of hydrogen-bond acceptors (Lipinski definition) is 5. The van der Waals surface area contributed by atoms with E-state index < -0.39 is 0 Å². The van der Waals surface area contributed by atoms with E-state index in [1.807, 2.05) is 6.92 Å². The van der Waals surface area contributed by atoms with Crippen LogP contribution in [0.15, 0.2) is 16.1 Å². The molecule has 3 rings (SSSR count). The Kier molecular flexibility index (Phi) is 3.80. The Labute approximate surface area is 120 Å². The molecule has 2 aliphatic rings. The van der Waals surface area contributed by atoms with Gasteiger partial charge in [0.15, 0.2) is 5.16 Å². The molecule has 2 atom stereocenters. The van der Waals surface area contributed by atoms with Crippen LogP contribution in [0.3, 0.4) is 0 Å². The highest BCUT2D eigenvalue weighted by Crippen LogP contribution is 2.20. The number of fused-ring (bicyclic) bond motifs is 1. The summed E-state index contributed by atoms with van der Waals surface area (Å²) in [5.74, 6) is 0.470. The van der Waals surface area contributed by atoms with Crippen molar-refractivity contribution in [1.29, 1.82) is 0 Å². The third-order valence-electron chi connectivity index (χ3n) is 3.68. The summed E-state index contributed by atoms with van der Waals surface area (Å²) in [6.45, 7) is 3.27. The van der Waals surface area contributed by atoms with Gasteiger partial charge >= 0.3 is 0 Å². The van der Waals surface area contributed by atoms with E-state index in [4.69, 9.17) is 4.74 Å². The Balaban J connectivity index is 1.76. The van der Waals surface area contributed by atoms with Gasteiger partial charge in [-0.25, -0.2) is 4.98 Å². The van der Waals surface area contributed by atoms with Gasteiger partial charge in [-0.3, -0.25) is 14.2 Å². The minimum Gasteiger partial charge on any atom is -0.376 e. The second kappa shape index (κ2) is 5.57. The summed E-state index contributed by atoms with van der Waals surface area (Å²) in [5.41, 5.74) is -0.141. The molecular formula is C13H17N3O3S. The minimum absolute atomic E-state index is 0.0413. The van der Waals surface area contributed by atoms with Gasteiger partial charge in [0, 0.05) is 25.1 Å². The van der Waals surface area contributed by atoms with Gasteiger partial charge in [-0.15, -0.1) is 0 Å². The lowest BCUT2D eigenvalue weighted by atomic mass is 10.1. The number of carbonyl (C=O) groups is 1. The van der Waals surface area contributed by atoms with E-state index >= 15 is 0 Å². The van der Waals surface area contributed by atoms with Crippen LogP contribution in [0.5, 0.6) is 0 Å². The Morgan fingerprint density at radius 3 is 3.25 bits per heavy atom. The maximum Gasteiger partial charge on any atom is 0.267 e. The minimum atomic E-state index is -0.363. The Bertz CT molecular complexity index is 581. The molecule has 0 spiro atoms. The van der Waals surface area contributed by atoms with Gasteiger partial charge < -0.3 is 10.1 Å². The van der Waals surface area contributed by atoms with Gasteiger partial charge in [-0.2, -0.15) is 0 Å². The lowest BCUT2D eigenvalue weighted by Gasteiger charge is -2.19. The molecule has 7 heteroatoms.